The summed E-state index contributed by atoms with van der Waals surface area (Å²) in [6.45, 7) is 4.36. The Balaban J connectivity index is 2.17. The van der Waals surface area contributed by atoms with E-state index in [-0.39, 0.29) is 11.8 Å². The van der Waals surface area contributed by atoms with Gasteiger partial charge < -0.3 is 11.1 Å². The molecule has 2 atom stereocenters. The Kier molecular flexibility index (Phi) is 3.72. The van der Waals surface area contributed by atoms with Crippen molar-refractivity contribution < 1.29 is 4.79 Å². The Morgan fingerprint density at radius 2 is 2.15 bits per heavy atom. The molecule has 0 spiro atoms. The third-order valence-electron chi connectivity index (χ3n) is 2.57. The highest BCUT2D eigenvalue weighted by molar-refractivity contribution is 5.78. The Bertz CT molecular complexity index is 178. The van der Waals surface area contributed by atoms with E-state index in [9.17, 15) is 4.79 Å². The molecule has 1 rings (SSSR count). The summed E-state index contributed by atoms with van der Waals surface area (Å²) in [5.74, 6) is 0.904. The fourth-order valence-corrected chi connectivity index (χ4v) is 1.40. The van der Waals surface area contributed by atoms with Crippen LogP contribution in [0.25, 0.3) is 0 Å². The van der Waals surface area contributed by atoms with Gasteiger partial charge in [-0.1, -0.05) is 19.8 Å². The molecule has 0 aromatic carbocycles. The lowest BCUT2D eigenvalue weighted by molar-refractivity contribution is -0.124. The van der Waals surface area contributed by atoms with E-state index in [0.29, 0.717) is 12.6 Å². The molecule has 0 saturated heterocycles. The van der Waals surface area contributed by atoms with Crippen molar-refractivity contribution >= 4 is 5.91 Å². The lowest BCUT2D eigenvalue weighted by Crippen LogP contribution is -2.39. The van der Waals surface area contributed by atoms with Crippen LogP contribution in [0, 0.1) is 11.8 Å². The van der Waals surface area contributed by atoms with Gasteiger partial charge in [0, 0.05) is 18.5 Å². The molecular formula is C10H20N2O. The standard InChI is InChI=1S/C10H20N2O/c1-7(6-11)10(13)12-8(2)5-9-3-4-9/h7-9H,3-6,11H2,1-2H3,(H,12,13). The molecule has 13 heavy (non-hydrogen) atoms. The normalized spacial score (nSPS) is 20.8. The number of carbonyl (C=O) groups excluding carboxylic acids is 1. The van der Waals surface area contributed by atoms with Crippen molar-refractivity contribution in [2.45, 2.75) is 39.2 Å². The van der Waals surface area contributed by atoms with Crippen LogP contribution >= 0.6 is 0 Å². The van der Waals surface area contributed by atoms with Crippen LogP contribution in [-0.2, 0) is 4.79 Å². The zero-order valence-corrected chi connectivity index (χ0v) is 8.55. The molecule has 0 aromatic rings. The van der Waals surface area contributed by atoms with Crippen LogP contribution in [0.15, 0.2) is 0 Å². The fraction of sp³-hybridized carbons (Fsp3) is 0.900. The van der Waals surface area contributed by atoms with E-state index < -0.39 is 0 Å². The molecule has 0 aromatic heterocycles. The van der Waals surface area contributed by atoms with E-state index in [1.807, 2.05) is 6.92 Å². The second kappa shape index (κ2) is 4.61. The van der Waals surface area contributed by atoms with Crippen molar-refractivity contribution in [3.05, 3.63) is 0 Å². The molecule has 1 fully saturated rings. The van der Waals surface area contributed by atoms with Crippen LogP contribution in [0.5, 0.6) is 0 Å². The van der Waals surface area contributed by atoms with Gasteiger partial charge in [-0.2, -0.15) is 0 Å². The number of hydrogen-bond donors (Lipinski definition) is 2. The Morgan fingerprint density at radius 1 is 1.54 bits per heavy atom. The summed E-state index contributed by atoms with van der Waals surface area (Å²) in [6.07, 6.45) is 3.81. The first-order chi connectivity index (χ1) is 6.13. The van der Waals surface area contributed by atoms with E-state index >= 15 is 0 Å². The molecule has 3 N–H and O–H groups in total. The van der Waals surface area contributed by atoms with Gasteiger partial charge in [-0.25, -0.2) is 0 Å². The van der Waals surface area contributed by atoms with Crippen LogP contribution in [-0.4, -0.2) is 18.5 Å². The van der Waals surface area contributed by atoms with E-state index in [4.69, 9.17) is 5.73 Å². The molecule has 3 nitrogen and oxygen atoms in total. The van der Waals surface area contributed by atoms with Crippen molar-refractivity contribution in [1.29, 1.82) is 0 Å². The molecule has 0 heterocycles. The zero-order valence-electron chi connectivity index (χ0n) is 8.55. The van der Waals surface area contributed by atoms with Crippen molar-refractivity contribution in [2.24, 2.45) is 17.6 Å². The van der Waals surface area contributed by atoms with Crippen LogP contribution in [0.1, 0.15) is 33.1 Å². The molecule has 1 aliphatic carbocycles. The molecule has 1 aliphatic rings. The monoisotopic (exact) mass is 184 g/mol. The van der Waals surface area contributed by atoms with E-state index in [1.54, 1.807) is 0 Å². The molecule has 0 aliphatic heterocycles. The van der Waals surface area contributed by atoms with Crippen molar-refractivity contribution in [2.75, 3.05) is 6.54 Å². The summed E-state index contributed by atoms with van der Waals surface area (Å²) < 4.78 is 0. The van der Waals surface area contributed by atoms with Crippen molar-refractivity contribution in [3.63, 3.8) is 0 Å². The first kappa shape index (κ1) is 10.5. The van der Waals surface area contributed by atoms with E-state index in [1.165, 1.54) is 12.8 Å². The molecule has 1 amide bonds. The minimum absolute atomic E-state index is 0.0540. The van der Waals surface area contributed by atoms with Gasteiger partial charge in [0.25, 0.3) is 0 Å². The fourth-order valence-electron chi connectivity index (χ4n) is 1.40. The topological polar surface area (TPSA) is 55.1 Å². The highest BCUT2D eigenvalue weighted by Gasteiger charge is 2.24. The Morgan fingerprint density at radius 3 is 2.62 bits per heavy atom. The molecule has 1 saturated carbocycles. The number of rotatable bonds is 5. The average Bonchev–Trinajstić information content (AvgIpc) is 2.86. The van der Waals surface area contributed by atoms with Gasteiger partial charge in [0.15, 0.2) is 0 Å². The minimum Gasteiger partial charge on any atom is -0.353 e. The molecule has 0 radical (unpaired) electrons. The molecular weight excluding hydrogens is 164 g/mol. The van der Waals surface area contributed by atoms with Gasteiger partial charge in [-0.3, -0.25) is 4.79 Å². The van der Waals surface area contributed by atoms with Gasteiger partial charge in [0.1, 0.15) is 0 Å². The molecule has 2 unspecified atom stereocenters. The average molecular weight is 184 g/mol. The SMILES string of the molecule is CC(CC1CC1)NC(=O)C(C)CN. The Labute approximate surface area is 80.1 Å². The first-order valence-electron chi connectivity index (χ1n) is 5.14. The third-order valence-corrected chi connectivity index (χ3v) is 2.57. The van der Waals surface area contributed by atoms with E-state index in [0.717, 1.165) is 12.3 Å². The zero-order chi connectivity index (χ0) is 9.84. The lowest BCUT2D eigenvalue weighted by atomic mass is 10.1. The maximum Gasteiger partial charge on any atom is 0.224 e. The summed E-state index contributed by atoms with van der Waals surface area (Å²) in [5, 5.41) is 2.98. The van der Waals surface area contributed by atoms with Gasteiger partial charge >= 0.3 is 0 Å². The lowest BCUT2D eigenvalue weighted by Gasteiger charge is -2.16. The molecule has 76 valence electrons. The van der Waals surface area contributed by atoms with Crippen LogP contribution in [0.2, 0.25) is 0 Å². The first-order valence-corrected chi connectivity index (χ1v) is 5.14. The van der Waals surface area contributed by atoms with Gasteiger partial charge in [0.2, 0.25) is 5.91 Å². The predicted octanol–water partition coefficient (Wildman–Crippen LogP) is 0.886. The maximum atomic E-state index is 11.4. The second-order valence-electron chi connectivity index (χ2n) is 4.23. The summed E-state index contributed by atoms with van der Waals surface area (Å²) in [5.41, 5.74) is 5.40. The van der Waals surface area contributed by atoms with Crippen molar-refractivity contribution in [1.82, 2.24) is 5.32 Å². The van der Waals surface area contributed by atoms with E-state index in [2.05, 4.69) is 12.2 Å². The van der Waals surface area contributed by atoms with Crippen molar-refractivity contribution in [3.8, 4) is 0 Å². The molecule has 0 bridgehead atoms. The number of nitrogens with one attached hydrogen (secondary N) is 1. The molecule has 3 heteroatoms. The van der Waals surface area contributed by atoms with Gasteiger partial charge in [-0.05, 0) is 19.3 Å². The number of nitrogens with two attached hydrogens (primary N) is 1. The van der Waals surface area contributed by atoms with Crippen LogP contribution in [0.4, 0.5) is 0 Å². The smallest absolute Gasteiger partial charge is 0.224 e. The quantitative estimate of drug-likeness (QED) is 0.666. The second-order valence-corrected chi connectivity index (χ2v) is 4.23. The van der Waals surface area contributed by atoms with Gasteiger partial charge in [-0.15, -0.1) is 0 Å². The predicted molar refractivity (Wildman–Crippen MR) is 53.2 cm³/mol. The van der Waals surface area contributed by atoms with Gasteiger partial charge in [0.05, 0.1) is 0 Å². The largest absolute Gasteiger partial charge is 0.353 e. The summed E-state index contributed by atoms with van der Waals surface area (Å²) >= 11 is 0. The number of carbonyl (C=O) groups is 1. The minimum atomic E-state index is -0.0540. The highest BCUT2D eigenvalue weighted by Crippen LogP contribution is 2.33. The highest BCUT2D eigenvalue weighted by atomic mass is 16.1. The van der Waals surface area contributed by atoms with Crippen LogP contribution < -0.4 is 11.1 Å². The summed E-state index contributed by atoms with van der Waals surface area (Å²) in [7, 11) is 0. The van der Waals surface area contributed by atoms with Crippen LogP contribution in [0.3, 0.4) is 0 Å². The number of hydrogen-bond acceptors (Lipinski definition) is 2. The summed E-state index contributed by atoms with van der Waals surface area (Å²) in [4.78, 5) is 11.4. The maximum absolute atomic E-state index is 11.4. The number of amides is 1. The Hall–Kier alpha value is -0.570. The summed E-state index contributed by atoms with van der Waals surface area (Å²) in [6, 6.07) is 0.314. The third kappa shape index (κ3) is 3.77.